The molecule has 0 saturated carbocycles. The molecule has 5 heteroatoms. The van der Waals surface area contributed by atoms with Crippen molar-refractivity contribution in [3.05, 3.63) is 89.5 Å². The summed E-state index contributed by atoms with van der Waals surface area (Å²) in [6.07, 6.45) is 8.84. The molecule has 0 amide bonds. The van der Waals surface area contributed by atoms with Gasteiger partial charge in [-0.1, -0.05) is 105 Å². The van der Waals surface area contributed by atoms with Gasteiger partial charge in [0.25, 0.3) is 0 Å². The lowest BCUT2D eigenvalue weighted by Crippen LogP contribution is -2.39. The van der Waals surface area contributed by atoms with Gasteiger partial charge in [-0.25, -0.2) is 0 Å². The molecule has 1 aromatic carbocycles. The van der Waals surface area contributed by atoms with Crippen molar-refractivity contribution in [2.75, 3.05) is 0 Å². The van der Waals surface area contributed by atoms with Crippen LogP contribution in [0.3, 0.4) is 0 Å². The Kier molecular flexibility index (Phi) is 7.94. The normalized spacial score (nSPS) is 13.4. The third-order valence-electron chi connectivity index (χ3n) is 6.58. The maximum atomic E-state index is 4.52. The van der Waals surface area contributed by atoms with E-state index in [2.05, 4.69) is 111 Å². The molecule has 0 saturated heterocycles. The first-order chi connectivity index (χ1) is 15.6. The van der Waals surface area contributed by atoms with E-state index in [1.165, 1.54) is 27.4 Å². The number of nitrogens with zero attached hydrogens (tertiary/aromatic N) is 2. The van der Waals surface area contributed by atoms with Gasteiger partial charge in [-0.05, 0) is 50.9 Å². The molecule has 1 unspecified atom stereocenters. The summed E-state index contributed by atoms with van der Waals surface area (Å²) in [5, 5.41) is 1.59. The van der Waals surface area contributed by atoms with E-state index in [4.69, 9.17) is 0 Å². The lowest BCUT2D eigenvalue weighted by atomic mass is 9.83. The second-order valence-electron chi connectivity index (χ2n) is 12.3. The molecular weight excluding hydrogens is 466 g/mol. The van der Waals surface area contributed by atoms with Crippen LogP contribution >= 0.6 is 17.2 Å². The minimum absolute atomic E-state index is 0.258. The van der Waals surface area contributed by atoms with Crippen LogP contribution in [0.1, 0.15) is 63.8 Å². The molecule has 0 aliphatic carbocycles. The number of benzene rings is 1. The fourth-order valence-electron chi connectivity index (χ4n) is 4.87. The Morgan fingerprint density at radius 3 is 1.68 bits per heavy atom. The van der Waals surface area contributed by atoms with Gasteiger partial charge < -0.3 is 0 Å². The van der Waals surface area contributed by atoms with Gasteiger partial charge in [-0.15, -0.1) is 9.24 Å². The highest BCUT2D eigenvalue weighted by Crippen LogP contribution is 2.62. The van der Waals surface area contributed by atoms with Crippen molar-refractivity contribution in [2.24, 2.45) is 0 Å². The Morgan fingerprint density at radius 1 is 0.794 bits per heavy atom. The summed E-state index contributed by atoms with van der Waals surface area (Å²) in [6.45, 7) is 21.8. The molecular formula is C29H42N2P2Si. The van der Waals surface area contributed by atoms with Crippen LogP contribution in [0.5, 0.6) is 0 Å². The predicted molar refractivity (Wildman–Crippen MR) is 158 cm³/mol. The van der Waals surface area contributed by atoms with Gasteiger partial charge in [0.05, 0.1) is 13.2 Å². The average Bonchev–Trinajstić information content (AvgIpc) is 2.76. The van der Waals surface area contributed by atoms with Gasteiger partial charge in [0.2, 0.25) is 0 Å². The van der Waals surface area contributed by atoms with Crippen LogP contribution in [0.4, 0.5) is 0 Å². The highest BCUT2D eigenvalue weighted by molar-refractivity contribution is 7.60. The third kappa shape index (κ3) is 5.87. The van der Waals surface area contributed by atoms with Gasteiger partial charge in [-0.3, -0.25) is 9.97 Å². The maximum absolute atomic E-state index is 4.52. The van der Waals surface area contributed by atoms with Crippen molar-refractivity contribution >= 4 is 30.4 Å². The van der Waals surface area contributed by atoms with Crippen molar-refractivity contribution in [1.29, 1.82) is 0 Å². The summed E-state index contributed by atoms with van der Waals surface area (Å²) < 4.78 is 0. The fourth-order valence-corrected chi connectivity index (χ4v) is 10.2. The Morgan fingerprint density at radius 2 is 1.29 bits per heavy atom. The topological polar surface area (TPSA) is 25.8 Å². The van der Waals surface area contributed by atoms with Crippen molar-refractivity contribution in [3.8, 4) is 0 Å². The molecule has 182 valence electrons. The Bertz CT molecular complexity index is 1040. The lowest BCUT2D eigenvalue weighted by Gasteiger charge is -2.43. The molecule has 0 spiro atoms. The fraction of sp³-hybridized carbons (Fsp3) is 0.448. The smallest absolute Gasteiger partial charge is 0.0776 e. The molecule has 3 rings (SSSR count). The van der Waals surface area contributed by atoms with Crippen LogP contribution in [0.25, 0.3) is 0 Å². The minimum atomic E-state index is -1.52. The van der Waals surface area contributed by atoms with Crippen molar-refractivity contribution in [3.63, 3.8) is 0 Å². The van der Waals surface area contributed by atoms with Gasteiger partial charge in [-0.2, -0.15) is 0 Å². The van der Waals surface area contributed by atoms with Gasteiger partial charge >= 0.3 is 0 Å². The highest BCUT2D eigenvalue weighted by atomic mass is 31.1. The third-order valence-corrected chi connectivity index (χ3v) is 13.5. The zero-order chi connectivity index (χ0) is 25.4. The Labute approximate surface area is 212 Å². The van der Waals surface area contributed by atoms with Crippen LogP contribution in [-0.2, 0) is 11.3 Å². The molecule has 0 fully saturated rings. The van der Waals surface area contributed by atoms with Gasteiger partial charge in [0.15, 0.2) is 0 Å². The minimum Gasteiger partial charge on any atom is -0.264 e. The average molecular weight is 509 g/mol. The second kappa shape index (κ2) is 9.92. The summed E-state index contributed by atoms with van der Waals surface area (Å²) in [4.78, 5) is 9.04. The van der Waals surface area contributed by atoms with Crippen LogP contribution in [0.2, 0.25) is 19.6 Å². The molecule has 0 bridgehead atoms. The Hall–Kier alpha value is -1.40. The van der Waals surface area contributed by atoms with Crippen molar-refractivity contribution < 1.29 is 0 Å². The highest BCUT2D eigenvalue weighted by Gasteiger charge is 2.39. The molecule has 0 N–H and O–H groups in total. The van der Waals surface area contributed by atoms with E-state index in [-0.39, 0.29) is 18.2 Å². The SMILES string of the molecule is CC(C)(C)P(Cc1ccc([Si](C)(C)C)cc1C(P)(c1cccnc1)c1cccnc1)C(C)(C)C. The van der Waals surface area contributed by atoms with E-state index in [1.54, 1.807) is 0 Å². The van der Waals surface area contributed by atoms with E-state index < -0.39 is 13.2 Å². The number of aromatic nitrogens is 2. The lowest BCUT2D eigenvalue weighted by molar-refractivity contribution is 0.701. The summed E-state index contributed by atoms with van der Waals surface area (Å²) >= 11 is 0. The molecule has 3 aromatic rings. The first-order valence-corrected chi connectivity index (χ1v) is 17.8. The first kappa shape index (κ1) is 27.2. The van der Waals surface area contributed by atoms with E-state index >= 15 is 0 Å². The number of pyridine rings is 2. The number of hydrogen-bond acceptors (Lipinski definition) is 2. The Balaban J connectivity index is 2.34. The largest absolute Gasteiger partial charge is 0.264 e. The second-order valence-corrected chi connectivity index (χ2v) is 22.1. The first-order valence-electron chi connectivity index (χ1n) is 12.2. The molecule has 0 radical (unpaired) electrons. The standard InChI is InChI=1S/C29H42N2P2Si/c1-27(2,3)33(28(4,5)6)21-22-14-15-25(34(7,8)9)18-26(22)29(32,23-12-10-16-30-19-23)24-13-11-17-31-20-24/h10-20H,21,32H2,1-9H3. The van der Waals surface area contributed by atoms with E-state index in [0.29, 0.717) is 0 Å². The molecule has 0 aliphatic heterocycles. The van der Waals surface area contributed by atoms with Crippen molar-refractivity contribution in [2.45, 2.75) is 82.8 Å². The summed E-state index contributed by atoms with van der Waals surface area (Å²) in [5.41, 5.74) is 5.18. The van der Waals surface area contributed by atoms with Crippen LogP contribution < -0.4 is 5.19 Å². The maximum Gasteiger partial charge on any atom is 0.0776 e. The quantitative estimate of drug-likeness (QED) is 0.251. The monoisotopic (exact) mass is 508 g/mol. The van der Waals surface area contributed by atoms with Gasteiger partial charge in [0, 0.05) is 24.8 Å². The van der Waals surface area contributed by atoms with E-state index in [1.807, 2.05) is 36.9 Å². The number of rotatable bonds is 6. The predicted octanol–water partition coefficient (Wildman–Crippen LogP) is 7.77. The van der Waals surface area contributed by atoms with Crippen LogP contribution in [-0.4, -0.2) is 28.4 Å². The molecule has 2 nitrogen and oxygen atoms in total. The summed E-state index contributed by atoms with van der Waals surface area (Å²) in [6, 6.07) is 15.8. The number of hydrogen-bond donors (Lipinski definition) is 0. The van der Waals surface area contributed by atoms with Gasteiger partial charge in [0.1, 0.15) is 0 Å². The molecule has 2 heterocycles. The van der Waals surface area contributed by atoms with Crippen molar-refractivity contribution in [1.82, 2.24) is 9.97 Å². The van der Waals surface area contributed by atoms with E-state index in [0.717, 1.165) is 6.16 Å². The molecule has 1 atom stereocenters. The van der Waals surface area contributed by atoms with Crippen LogP contribution in [0, 0.1) is 0 Å². The zero-order valence-electron chi connectivity index (χ0n) is 22.5. The molecule has 0 aliphatic rings. The van der Waals surface area contributed by atoms with Crippen LogP contribution in [0.15, 0.2) is 67.3 Å². The van der Waals surface area contributed by atoms with E-state index in [9.17, 15) is 0 Å². The summed E-state index contributed by atoms with van der Waals surface area (Å²) in [7, 11) is 1.42. The molecule has 34 heavy (non-hydrogen) atoms. The zero-order valence-corrected chi connectivity index (χ0v) is 25.5. The summed E-state index contributed by atoms with van der Waals surface area (Å²) in [5.74, 6) is 0. The molecule has 2 aromatic heterocycles.